The molecule has 1 heterocycles. The molecule has 3 aromatic rings. The van der Waals surface area contributed by atoms with Crippen molar-refractivity contribution in [1.29, 1.82) is 0 Å². The van der Waals surface area contributed by atoms with Gasteiger partial charge in [-0.1, -0.05) is 36.4 Å². The molecular formula is C19H17F3N4. The predicted octanol–water partition coefficient (Wildman–Crippen LogP) is 5.16. The second kappa shape index (κ2) is 7.43. The summed E-state index contributed by atoms with van der Waals surface area (Å²) in [6, 6.07) is 16.5. The Labute approximate surface area is 149 Å². The van der Waals surface area contributed by atoms with Gasteiger partial charge in [-0.25, -0.2) is 4.98 Å². The first-order chi connectivity index (χ1) is 12.4. The Balaban J connectivity index is 1.75. The zero-order valence-electron chi connectivity index (χ0n) is 14.0. The van der Waals surface area contributed by atoms with Gasteiger partial charge in [0.25, 0.3) is 0 Å². The van der Waals surface area contributed by atoms with Gasteiger partial charge in [-0.3, -0.25) is 0 Å². The minimum absolute atomic E-state index is 0.236. The van der Waals surface area contributed by atoms with E-state index in [2.05, 4.69) is 20.6 Å². The highest BCUT2D eigenvalue weighted by Crippen LogP contribution is 2.31. The van der Waals surface area contributed by atoms with E-state index in [4.69, 9.17) is 0 Å². The Morgan fingerprint density at radius 2 is 1.69 bits per heavy atom. The Kier molecular flexibility index (Phi) is 5.06. The number of nitrogens with zero attached hydrogens (tertiary/aromatic N) is 2. The molecule has 0 bridgehead atoms. The lowest BCUT2D eigenvalue weighted by molar-refractivity contribution is -0.137. The van der Waals surface area contributed by atoms with Crippen molar-refractivity contribution in [2.24, 2.45) is 0 Å². The fraction of sp³-hybridized carbons (Fsp3) is 0.158. The minimum atomic E-state index is -4.40. The number of rotatable bonds is 5. The van der Waals surface area contributed by atoms with Crippen LogP contribution in [0, 0.1) is 6.92 Å². The zero-order chi connectivity index (χ0) is 18.6. The average Bonchev–Trinajstić information content (AvgIpc) is 2.60. The van der Waals surface area contributed by atoms with Gasteiger partial charge in [-0.2, -0.15) is 18.2 Å². The van der Waals surface area contributed by atoms with E-state index in [1.54, 1.807) is 13.0 Å². The molecule has 0 aliphatic carbocycles. The summed E-state index contributed by atoms with van der Waals surface area (Å²) in [4.78, 5) is 8.55. The fourth-order valence-corrected chi connectivity index (χ4v) is 2.41. The van der Waals surface area contributed by atoms with Crippen LogP contribution in [-0.4, -0.2) is 9.97 Å². The third kappa shape index (κ3) is 4.72. The number of hydrogen-bond donors (Lipinski definition) is 2. The highest BCUT2D eigenvalue weighted by Gasteiger charge is 2.30. The zero-order valence-corrected chi connectivity index (χ0v) is 14.0. The molecule has 0 saturated carbocycles. The van der Waals surface area contributed by atoms with Gasteiger partial charge in [0.2, 0.25) is 5.95 Å². The molecule has 0 radical (unpaired) electrons. The van der Waals surface area contributed by atoms with Crippen molar-refractivity contribution < 1.29 is 13.2 Å². The molecule has 2 aromatic carbocycles. The molecule has 0 spiro atoms. The summed E-state index contributed by atoms with van der Waals surface area (Å²) in [6.45, 7) is 2.38. The number of benzene rings is 2. The lowest BCUT2D eigenvalue weighted by Gasteiger charge is -2.12. The molecule has 0 atom stereocenters. The minimum Gasteiger partial charge on any atom is -0.366 e. The number of alkyl halides is 3. The molecule has 134 valence electrons. The monoisotopic (exact) mass is 358 g/mol. The molecule has 7 heteroatoms. The van der Waals surface area contributed by atoms with Gasteiger partial charge >= 0.3 is 6.18 Å². The van der Waals surface area contributed by atoms with Crippen molar-refractivity contribution >= 4 is 17.5 Å². The van der Waals surface area contributed by atoms with Crippen molar-refractivity contribution in [3.63, 3.8) is 0 Å². The lowest BCUT2D eigenvalue weighted by Crippen LogP contribution is -2.07. The van der Waals surface area contributed by atoms with Crippen LogP contribution in [0.2, 0.25) is 0 Å². The van der Waals surface area contributed by atoms with Crippen LogP contribution in [0.15, 0.2) is 60.7 Å². The molecule has 2 N–H and O–H groups in total. The van der Waals surface area contributed by atoms with Gasteiger partial charge in [0, 0.05) is 24.0 Å². The first-order valence-corrected chi connectivity index (χ1v) is 7.98. The number of halogens is 3. The van der Waals surface area contributed by atoms with E-state index in [9.17, 15) is 13.2 Å². The first kappa shape index (κ1) is 17.7. The quantitative estimate of drug-likeness (QED) is 0.661. The van der Waals surface area contributed by atoms with Crippen LogP contribution in [0.3, 0.4) is 0 Å². The van der Waals surface area contributed by atoms with Crippen LogP contribution >= 0.6 is 0 Å². The first-order valence-electron chi connectivity index (χ1n) is 7.98. The largest absolute Gasteiger partial charge is 0.416 e. The maximum atomic E-state index is 12.8. The Morgan fingerprint density at radius 1 is 0.923 bits per heavy atom. The van der Waals surface area contributed by atoms with E-state index in [-0.39, 0.29) is 11.6 Å². The van der Waals surface area contributed by atoms with Gasteiger partial charge in [-0.15, -0.1) is 0 Å². The highest BCUT2D eigenvalue weighted by atomic mass is 19.4. The molecule has 0 aliphatic rings. The third-order valence-corrected chi connectivity index (χ3v) is 3.62. The van der Waals surface area contributed by atoms with E-state index < -0.39 is 11.7 Å². The molecule has 0 fully saturated rings. The van der Waals surface area contributed by atoms with Gasteiger partial charge in [0.15, 0.2) is 0 Å². The topological polar surface area (TPSA) is 49.8 Å². The Morgan fingerprint density at radius 3 is 2.42 bits per heavy atom. The standard InChI is InChI=1S/C19H17F3N4/c1-13-10-17(23-12-14-6-3-2-4-7-14)26-18(24-13)25-16-9-5-8-15(11-16)19(20,21)22/h2-11H,12H2,1H3,(H2,23,24,25,26). The van der Waals surface area contributed by atoms with E-state index in [0.29, 0.717) is 18.1 Å². The van der Waals surface area contributed by atoms with Crippen molar-refractivity contribution in [1.82, 2.24) is 9.97 Å². The van der Waals surface area contributed by atoms with Crippen LogP contribution in [0.1, 0.15) is 16.8 Å². The average molecular weight is 358 g/mol. The normalized spacial score (nSPS) is 11.2. The maximum Gasteiger partial charge on any atom is 0.416 e. The molecular weight excluding hydrogens is 341 g/mol. The number of aromatic nitrogens is 2. The number of nitrogens with one attached hydrogen (secondary N) is 2. The number of anilines is 3. The van der Waals surface area contributed by atoms with Crippen LogP contribution in [0.5, 0.6) is 0 Å². The predicted molar refractivity (Wildman–Crippen MR) is 95.3 cm³/mol. The molecule has 1 aromatic heterocycles. The maximum absolute atomic E-state index is 12.8. The summed E-state index contributed by atoms with van der Waals surface area (Å²) in [5, 5.41) is 6.03. The summed E-state index contributed by atoms with van der Waals surface area (Å²) in [7, 11) is 0. The van der Waals surface area contributed by atoms with Crippen molar-refractivity contribution in [3.05, 3.63) is 77.5 Å². The van der Waals surface area contributed by atoms with Gasteiger partial charge in [0.05, 0.1) is 5.56 Å². The summed E-state index contributed by atoms with van der Waals surface area (Å²) < 4.78 is 38.5. The van der Waals surface area contributed by atoms with Crippen LogP contribution in [0.25, 0.3) is 0 Å². The van der Waals surface area contributed by atoms with E-state index in [1.807, 2.05) is 30.3 Å². The van der Waals surface area contributed by atoms with E-state index in [1.165, 1.54) is 12.1 Å². The summed E-state index contributed by atoms with van der Waals surface area (Å²) in [6.07, 6.45) is -4.40. The van der Waals surface area contributed by atoms with Gasteiger partial charge in [0.1, 0.15) is 5.82 Å². The number of aryl methyl sites for hydroxylation is 1. The molecule has 0 saturated heterocycles. The van der Waals surface area contributed by atoms with Crippen LogP contribution in [-0.2, 0) is 12.7 Å². The molecule has 0 aliphatic heterocycles. The summed E-state index contributed by atoms with van der Waals surface area (Å²) in [5.74, 6) is 0.829. The summed E-state index contributed by atoms with van der Waals surface area (Å²) in [5.41, 5.74) is 1.35. The smallest absolute Gasteiger partial charge is 0.366 e. The fourth-order valence-electron chi connectivity index (χ4n) is 2.41. The van der Waals surface area contributed by atoms with Crippen molar-refractivity contribution in [2.45, 2.75) is 19.6 Å². The molecule has 3 rings (SSSR count). The molecule has 4 nitrogen and oxygen atoms in total. The number of hydrogen-bond acceptors (Lipinski definition) is 4. The van der Waals surface area contributed by atoms with Crippen molar-refractivity contribution in [3.8, 4) is 0 Å². The SMILES string of the molecule is Cc1cc(NCc2ccccc2)nc(Nc2cccc(C(F)(F)F)c2)n1. The summed E-state index contributed by atoms with van der Waals surface area (Å²) >= 11 is 0. The molecule has 0 amide bonds. The van der Waals surface area contributed by atoms with Crippen molar-refractivity contribution in [2.75, 3.05) is 10.6 Å². The lowest BCUT2D eigenvalue weighted by atomic mass is 10.2. The van der Waals surface area contributed by atoms with Gasteiger partial charge in [-0.05, 0) is 30.7 Å². The second-order valence-corrected chi connectivity index (χ2v) is 5.76. The van der Waals surface area contributed by atoms with E-state index >= 15 is 0 Å². The Bertz CT molecular complexity index is 879. The van der Waals surface area contributed by atoms with Gasteiger partial charge < -0.3 is 10.6 Å². The van der Waals surface area contributed by atoms with E-state index in [0.717, 1.165) is 17.7 Å². The molecule has 26 heavy (non-hydrogen) atoms. The highest BCUT2D eigenvalue weighted by molar-refractivity contribution is 5.56. The Hall–Kier alpha value is -3.09. The third-order valence-electron chi connectivity index (χ3n) is 3.62. The van der Waals surface area contributed by atoms with Crippen LogP contribution < -0.4 is 10.6 Å². The van der Waals surface area contributed by atoms with Crippen LogP contribution in [0.4, 0.5) is 30.6 Å². The second-order valence-electron chi connectivity index (χ2n) is 5.76. The molecule has 0 unspecified atom stereocenters.